The molecule has 1 saturated carbocycles. The molecule has 3 heterocycles. The quantitative estimate of drug-likeness (QED) is 0.240. The van der Waals surface area contributed by atoms with Crippen molar-refractivity contribution in [2.24, 2.45) is 5.92 Å². The van der Waals surface area contributed by atoms with Gasteiger partial charge in [-0.2, -0.15) is 18.2 Å². The molecule has 2 fully saturated rings. The molecule has 4 aromatic rings. The Hall–Kier alpha value is -3.81. The number of aromatic nitrogens is 3. The summed E-state index contributed by atoms with van der Waals surface area (Å²) in [6.45, 7) is 5.32. The molecule has 1 atom stereocenters. The summed E-state index contributed by atoms with van der Waals surface area (Å²) in [4.78, 5) is 27.6. The van der Waals surface area contributed by atoms with E-state index in [2.05, 4.69) is 30.5 Å². The van der Waals surface area contributed by atoms with Crippen molar-refractivity contribution in [1.82, 2.24) is 19.9 Å². The molecule has 2 aromatic carbocycles. The fraction of sp³-hybridized carbons (Fsp3) is 0.379. The molecule has 9 nitrogen and oxygen atoms in total. The normalized spacial score (nSPS) is 17.8. The molecular formula is C29H29F3N6O3S. The number of amides is 1. The molecule has 1 aliphatic heterocycles. The monoisotopic (exact) mass is 598 g/mol. The number of ether oxygens (including phenoxy) is 2. The minimum atomic E-state index is -4.44. The lowest BCUT2D eigenvalue weighted by Crippen LogP contribution is -2.46. The lowest BCUT2D eigenvalue weighted by atomic mass is 10.1. The number of carbonyl (C=O) groups excluding carboxylic acids is 1. The molecule has 2 aliphatic rings. The van der Waals surface area contributed by atoms with E-state index in [1.165, 1.54) is 43.2 Å². The number of morpholine rings is 1. The maximum atomic E-state index is 13.2. The fourth-order valence-corrected chi connectivity index (χ4v) is 5.73. The molecule has 2 aromatic heterocycles. The average molecular weight is 599 g/mol. The van der Waals surface area contributed by atoms with E-state index in [1.807, 2.05) is 6.07 Å². The Morgan fingerprint density at radius 1 is 1.14 bits per heavy atom. The Balaban J connectivity index is 1.27. The third-order valence-corrected chi connectivity index (χ3v) is 7.95. The van der Waals surface area contributed by atoms with Gasteiger partial charge in [-0.1, -0.05) is 29.5 Å². The van der Waals surface area contributed by atoms with Crippen molar-refractivity contribution in [3.05, 3.63) is 54.1 Å². The number of anilines is 2. The summed E-state index contributed by atoms with van der Waals surface area (Å²) in [6.07, 6.45) is -1.93. The van der Waals surface area contributed by atoms with E-state index in [0.29, 0.717) is 40.8 Å². The highest BCUT2D eigenvalue weighted by atomic mass is 32.1. The predicted octanol–water partition coefficient (Wildman–Crippen LogP) is 6.05. The molecule has 0 bridgehead atoms. The Bertz CT molecular complexity index is 1580. The molecule has 42 heavy (non-hydrogen) atoms. The van der Waals surface area contributed by atoms with Crippen LogP contribution in [0.25, 0.3) is 21.5 Å². The molecule has 1 aliphatic carbocycles. The van der Waals surface area contributed by atoms with Gasteiger partial charge in [-0.15, -0.1) is 0 Å². The lowest BCUT2D eigenvalue weighted by Gasteiger charge is -2.33. The SMILES string of the molecule is CC(=O)Nc1nc2c(Oc3cc(-c4ccc(C(F)(F)F)cc4)nc(NC[C@H]4CN(CC5CC5)CCO4)n3)cccc2s1. The van der Waals surface area contributed by atoms with Crippen LogP contribution < -0.4 is 15.4 Å². The number of benzene rings is 2. The molecule has 0 spiro atoms. The fourth-order valence-electron chi connectivity index (χ4n) is 4.80. The second kappa shape index (κ2) is 11.8. The number of alkyl halides is 3. The Labute approximate surface area is 244 Å². The van der Waals surface area contributed by atoms with Gasteiger partial charge in [0, 0.05) is 44.7 Å². The molecule has 2 N–H and O–H groups in total. The van der Waals surface area contributed by atoms with E-state index in [9.17, 15) is 18.0 Å². The number of rotatable bonds is 9. The molecular weight excluding hydrogens is 569 g/mol. The van der Waals surface area contributed by atoms with E-state index in [1.54, 1.807) is 18.2 Å². The van der Waals surface area contributed by atoms with Crippen LogP contribution in [-0.2, 0) is 15.7 Å². The lowest BCUT2D eigenvalue weighted by molar-refractivity contribution is -0.137. The molecule has 6 rings (SSSR count). The summed E-state index contributed by atoms with van der Waals surface area (Å²) in [5.74, 6) is 1.41. The number of halogens is 3. The van der Waals surface area contributed by atoms with E-state index in [-0.39, 0.29) is 23.8 Å². The van der Waals surface area contributed by atoms with Crippen LogP contribution in [0.5, 0.6) is 11.6 Å². The first-order valence-corrected chi connectivity index (χ1v) is 14.5. The van der Waals surface area contributed by atoms with Crippen LogP contribution in [0, 0.1) is 5.92 Å². The summed E-state index contributed by atoms with van der Waals surface area (Å²) < 4.78 is 52.4. The highest BCUT2D eigenvalue weighted by molar-refractivity contribution is 7.22. The van der Waals surface area contributed by atoms with Gasteiger partial charge in [0.1, 0.15) is 5.52 Å². The zero-order valence-electron chi connectivity index (χ0n) is 22.8. The summed E-state index contributed by atoms with van der Waals surface area (Å²) in [5.41, 5.74) is 0.662. The average Bonchev–Trinajstić information content (AvgIpc) is 3.67. The number of para-hydroxylation sites is 1. The third kappa shape index (κ3) is 6.97. The number of nitrogens with one attached hydrogen (secondary N) is 2. The Morgan fingerprint density at radius 3 is 2.69 bits per heavy atom. The zero-order valence-corrected chi connectivity index (χ0v) is 23.6. The van der Waals surface area contributed by atoms with E-state index in [4.69, 9.17) is 9.47 Å². The van der Waals surface area contributed by atoms with E-state index >= 15 is 0 Å². The predicted molar refractivity (Wildman–Crippen MR) is 154 cm³/mol. The van der Waals surface area contributed by atoms with Gasteiger partial charge in [0.05, 0.1) is 28.7 Å². The molecule has 13 heteroatoms. The smallest absolute Gasteiger partial charge is 0.416 e. The van der Waals surface area contributed by atoms with Gasteiger partial charge >= 0.3 is 6.18 Å². The Kier molecular flexibility index (Phi) is 7.97. The Morgan fingerprint density at radius 2 is 1.95 bits per heavy atom. The van der Waals surface area contributed by atoms with E-state index < -0.39 is 11.7 Å². The third-order valence-electron chi connectivity index (χ3n) is 7.01. The van der Waals surface area contributed by atoms with Crippen molar-refractivity contribution in [3.63, 3.8) is 0 Å². The van der Waals surface area contributed by atoms with Crippen molar-refractivity contribution in [3.8, 4) is 22.9 Å². The van der Waals surface area contributed by atoms with Crippen molar-refractivity contribution in [2.45, 2.75) is 32.0 Å². The number of hydrogen-bond donors (Lipinski definition) is 2. The molecule has 1 saturated heterocycles. The standard InChI is InChI=1S/C29H29F3N6O3S/c1-17(39)34-28-37-26-23(3-2-4-24(26)42-28)41-25-13-22(19-7-9-20(10-8-19)29(30,31)32)35-27(36-25)33-14-21-16-38(11-12-40-21)15-18-5-6-18/h2-4,7-10,13,18,21H,5-6,11-12,14-16H2,1H3,(H,33,35,36)(H,34,37,39)/t21-/m0/s1. The van der Waals surface area contributed by atoms with E-state index in [0.717, 1.165) is 42.4 Å². The van der Waals surface area contributed by atoms with Crippen LogP contribution in [0.4, 0.5) is 24.3 Å². The first-order chi connectivity index (χ1) is 20.2. The first kappa shape index (κ1) is 28.3. The summed E-state index contributed by atoms with van der Waals surface area (Å²) >= 11 is 1.31. The first-order valence-electron chi connectivity index (χ1n) is 13.7. The highest BCUT2D eigenvalue weighted by Gasteiger charge is 2.30. The van der Waals surface area contributed by atoms with Crippen LogP contribution in [0.15, 0.2) is 48.5 Å². The largest absolute Gasteiger partial charge is 0.437 e. The number of nitrogens with zero attached hydrogens (tertiary/aromatic N) is 4. The van der Waals surface area contributed by atoms with Crippen molar-refractivity contribution in [2.75, 3.05) is 43.4 Å². The maximum absolute atomic E-state index is 13.2. The van der Waals surface area contributed by atoms with Crippen molar-refractivity contribution in [1.29, 1.82) is 0 Å². The number of hydrogen-bond acceptors (Lipinski definition) is 9. The molecule has 220 valence electrons. The van der Waals surface area contributed by atoms with Gasteiger partial charge in [0.25, 0.3) is 0 Å². The minimum Gasteiger partial charge on any atom is -0.437 e. The van der Waals surface area contributed by atoms with Crippen LogP contribution >= 0.6 is 11.3 Å². The summed E-state index contributed by atoms with van der Waals surface area (Å²) in [5, 5.41) is 6.37. The van der Waals surface area contributed by atoms with Gasteiger partial charge < -0.3 is 20.1 Å². The molecule has 1 amide bonds. The van der Waals surface area contributed by atoms with Crippen molar-refractivity contribution >= 4 is 38.5 Å². The van der Waals surface area contributed by atoms with Gasteiger partial charge in [-0.05, 0) is 43.0 Å². The van der Waals surface area contributed by atoms with Crippen LogP contribution in [0.3, 0.4) is 0 Å². The van der Waals surface area contributed by atoms with Gasteiger partial charge in [0.2, 0.25) is 17.7 Å². The maximum Gasteiger partial charge on any atom is 0.416 e. The topological polar surface area (TPSA) is 102 Å². The van der Waals surface area contributed by atoms with Gasteiger partial charge in [0.15, 0.2) is 10.9 Å². The summed E-state index contributed by atoms with van der Waals surface area (Å²) in [7, 11) is 0. The number of thiazole rings is 1. The van der Waals surface area contributed by atoms with Crippen molar-refractivity contribution < 1.29 is 27.4 Å². The molecule has 0 radical (unpaired) electrons. The molecule has 0 unspecified atom stereocenters. The number of carbonyl (C=O) groups is 1. The second-order valence-electron chi connectivity index (χ2n) is 10.5. The minimum absolute atomic E-state index is 0.0591. The second-order valence-corrected chi connectivity index (χ2v) is 11.5. The summed E-state index contributed by atoms with van der Waals surface area (Å²) in [6, 6.07) is 11.8. The zero-order chi connectivity index (χ0) is 29.3. The van der Waals surface area contributed by atoms with Crippen LogP contribution in [-0.4, -0.2) is 64.6 Å². The van der Waals surface area contributed by atoms with Gasteiger partial charge in [-0.3, -0.25) is 9.69 Å². The van der Waals surface area contributed by atoms with Crippen LogP contribution in [0.1, 0.15) is 25.3 Å². The highest BCUT2D eigenvalue weighted by Crippen LogP contribution is 2.36. The van der Waals surface area contributed by atoms with Gasteiger partial charge in [-0.25, -0.2) is 9.97 Å². The van der Waals surface area contributed by atoms with Crippen LogP contribution in [0.2, 0.25) is 0 Å². The number of fused-ring (bicyclic) bond motifs is 1.